The number of hydrogen-bond donors (Lipinski definition) is 0. The molecule has 638 valence electrons. The highest BCUT2D eigenvalue weighted by Crippen LogP contribution is 2.57. The number of anilines is 6. The summed E-state index contributed by atoms with van der Waals surface area (Å²) >= 11 is 0. The first-order valence-corrected chi connectivity index (χ1v) is 45.3. The van der Waals surface area contributed by atoms with Crippen molar-refractivity contribution in [3.63, 3.8) is 0 Å². The van der Waals surface area contributed by atoms with Gasteiger partial charge in [0.25, 0.3) is 6.71 Å². The smallest absolute Gasteiger partial charge is 0.252 e. The molecule has 0 amide bonds. The van der Waals surface area contributed by atoms with Crippen molar-refractivity contribution in [1.29, 1.82) is 0 Å². The second-order valence-corrected chi connectivity index (χ2v) is 46.2. The van der Waals surface area contributed by atoms with Crippen molar-refractivity contribution in [2.75, 3.05) is 9.80 Å². The third kappa shape index (κ3) is 17.4. The van der Waals surface area contributed by atoms with E-state index in [-0.39, 0.29) is 80.8 Å². The van der Waals surface area contributed by atoms with Gasteiger partial charge in [-0.1, -0.05) is 345 Å². The molecule has 0 spiro atoms. The van der Waals surface area contributed by atoms with E-state index in [2.05, 4.69) is 361 Å². The van der Waals surface area contributed by atoms with Gasteiger partial charge in [0.05, 0.1) is 44.4 Å². The van der Waals surface area contributed by atoms with Crippen molar-refractivity contribution in [3.05, 3.63) is 305 Å². The zero-order valence-electron chi connectivity index (χ0n) is 91.3. The molecule has 13 aromatic carbocycles. The lowest BCUT2D eigenvalue weighted by atomic mass is 9.33. The molecule has 0 bridgehead atoms. The molecule has 0 aliphatic carbocycles. The first kappa shape index (κ1) is 72.3. The van der Waals surface area contributed by atoms with Crippen LogP contribution >= 0.6 is 0 Å². The minimum atomic E-state index is -1.94. The van der Waals surface area contributed by atoms with Gasteiger partial charge in [-0.2, -0.15) is 0 Å². The molecule has 2 aliphatic heterocycles. The van der Waals surface area contributed by atoms with E-state index < -0.39 is 35.7 Å². The maximum Gasteiger partial charge on any atom is 0.252 e. The van der Waals surface area contributed by atoms with E-state index in [1.54, 1.807) is 0 Å². The Hall–Kier alpha value is -10.9. The monoisotopic (exact) mass is 1660 g/mol. The topological polar surface area (TPSA) is 16.3 Å². The van der Waals surface area contributed by atoms with Crippen LogP contribution in [0.25, 0.3) is 99.5 Å². The second-order valence-electron chi connectivity index (χ2n) is 46.2. The first-order chi connectivity index (χ1) is 63.4. The summed E-state index contributed by atoms with van der Waals surface area (Å²) in [6.07, 6.45) is -0.937. The number of nitrogens with zero attached hydrogens (tertiary/aromatic N) is 4. The van der Waals surface area contributed by atoms with E-state index in [4.69, 9.17) is 0 Å². The summed E-state index contributed by atoms with van der Waals surface area (Å²) in [5, 5.41) is 2.18. The van der Waals surface area contributed by atoms with E-state index in [0.29, 0.717) is 66.1 Å². The fraction of sp³-hybridized carbons (Fsp3) is 0.350. The van der Waals surface area contributed by atoms with Crippen molar-refractivity contribution in [3.8, 4) is 55.9 Å². The molecule has 125 heavy (non-hydrogen) atoms. The highest BCUT2D eigenvalue weighted by atomic mass is 15.2. The lowest BCUT2D eigenvalue weighted by molar-refractivity contribution is 0.410. The maximum atomic E-state index is 10.7. The average Bonchev–Trinajstić information content (AvgIpc) is 1.11. The Morgan fingerprint density at radius 3 is 0.880 bits per heavy atom. The largest absolute Gasteiger partial charge is 0.310 e. The van der Waals surface area contributed by atoms with Crippen LogP contribution in [-0.2, 0) is 54.7 Å². The summed E-state index contributed by atoms with van der Waals surface area (Å²) in [5.74, 6) is 0. The molecule has 5 heteroatoms. The van der Waals surface area contributed by atoms with Gasteiger partial charge in [0.2, 0.25) is 0 Å². The van der Waals surface area contributed by atoms with Crippen molar-refractivity contribution in [1.82, 2.24) is 9.13 Å². The Morgan fingerprint density at radius 2 is 0.584 bits per heavy atom. The summed E-state index contributed by atoms with van der Waals surface area (Å²) in [6.45, 7) is 58.1. The van der Waals surface area contributed by atoms with Crippen LogP contribution in [0.4, 0.5) is 34.1 Å². The number of fused-ring (bicyclic) bond motifs is 10. The van der Waals surface area contributed by atoms with Crippen LogP contribution in [0.15, 0.2) is 255 Å². The molecule has 0 radical (unpaired) electrons. The quantitative estimate of drug-likeness (QED) is 0.101. The summed E-state index contributed by atoms with van der Waals surface area (Å²) in [7, 11) is 0. The predicted molar refractivity (Wildman–Crippen MR) is 546 cm³/mol. The van der Waals surface area contributed by atoms with Crippen LogP contribution in [0.5, 0.6) is 0 Å². The minimum Gasteiger partial charge on any atom is -0.310 e. The van der Waals surface area contributed by atoms with Crippen LogP contribution in [0.3, 0.4) is 0 Å². The van der Waals surface area contributed by atoms with Crippen molar-refractivity contribution in [2.24, 2.45) is 32.5 Å². The Kier molecular flexibility index (Phi) is 17.9. The van der Waals surface area contributed by atoms with E-state index in [1.807, 2.05) is 50.7 Å². The zero-order chi connectivity index (χ0) is 99.7. The van der Waals surface area contributed by atoms with Gasteiger partial charge in [0.15, 0.2) is 0 Å². The normalized spacial score (nSPS) is 15.3. The van der Waals surface area contributed by atoms with E-state index in [1.165, 1.54) is 0 Å². The van der Waals surface area contributed by atoms with E-state index in [9.17, 15) is 16.4 Å². The van der Waals surface area contributed by atoms with Crippen LogP contribution < -0.4 is 26.2 Å². The fourth-order valence-corrected chi connectivity index (χ4v) is 19.6. The van der Waals surface area contributed by atoms with Gasteiger partial charge < -0.3 is 18.9 Å². The third-order valence-electron chi connectivity index (χ3n) is 24.5. The predicted octanol–water partition coefficient (Wildman–Crippen LogP) is 32.1. The average molecular weight is 1660 g/mol. The maximum absolute atomic E-state index is 10.7. The van der Waals surface area contributed by atoms with E-state index >= 15 is 0 Å². The molecule has 4 nitrogen and oxygen atoms in total. The van der Waals surface area contributed by atoms with Gasteiger partial charge in [-0.05, 0) is 273 Å². The summed E-state index contributed by atoms with van der Waals surface area (Å²) in [5.41, 5.74) is 22.0. The molecule has 0 saturated carbocycles. The van der Waals surface area contributed by atoms with Gasteiger partial charge in [-0.25, -0.2) is 0 Å². The third-order valence-corrected chi connectivity index (χ3v) is 24.5. The molecule has 2 aliphatic rings. The number of aromatic nitrogens is 2. The molecule has 2 aromatic heterocycles. The molecule has 15 aromatic rings. The Bertz CT molecular complexity index is 6870. The molecule has 0 saturated heterocycles. The molecule has 0 fully saturated rings. The molecule has 0 N–H and O–H groups in total. The van der Waals surface area contributed by atoms with Gasteiger partial charge in [0, 0.05) is 83.4 Å². The highest BCUT2D eigenvalue weighted by molar-refractivity contribution is 7.00. The number of benzene rings is 13. The molecule has 0 atom stereocenters. The standard InChI is InChI=1S/C120H135BN4/c1-112(2,3)70-76-36-32-40-82(56-76)93-60-80(74-116(13,14)15)61-94(83-41-33-37-77(57-83)71-113(4,5)6)110(93)124-105-68-89(122-101-46-30-28-44-91(101)97-64-86(118(19,20)21)48-54-103(97)122)50-52-99(105)121-100-53-51-90(123-102-47-31-29-45-92(102)98-65-87(119(22,23)24)49-55-104(98)123)69-106(100)125(108-67-88(120(25,26)27)66-107(124)109(108)121)111-95(84-42-34-38-78(58-84)72-114(7,8)9)62-81(75-117(16,17)18)63-96(111)85-43-35-39-79(59-85)73-115(10,11)12/h28-69H,70-75H2,1-27H3/i28D,29D,30D,31D,44D,45D,46D,47D,74D2,75D2. The van der Waals surface area contributed by atoms with Gasteiger partial charge in [-0.15, -0.1) is 0 Å². The molecular formula is C120H135BN4. The Labute approximate surface area is 766 Å². The van der Waals surface area contributed by atoms with Crippen LogP contribution in [0.1, 0.15) is 253 Å². The second kappa shape index (κ2) is 31.0. The van der Waals surface area contributed by atoms with Gasteiger partial charge >= 0.3 is 0 Å². The number of para-hydroxylation sites is 2. The SMILES string of the molecule is [2H]c1c([2H])c([2H])c2c(c1[2H])c1cc(C(C)(C)C)ccc1n2-c1ccc2c(c1)N(c1c(-c3cccc(CC(C)(C)C)c3)cc(C([2H])([2H])C(C)(C)C)cc1-c1cccc(CC(C)(C)C)c1)c1cc(C(C)(C)C)cc3c1B2c1ccc(-n2c4ccc(C(C)(C)C)cc4c4c([2H])c([2H])c([2H])c([2H])c42)cc1N3c1c(-c2cccc(CC(C)(C)C)c2)cc(C([2H])([2H])C(C)(C)C)cc1-c1cccc(CC(C)(C)C)c1. The molecule has 4 heterocycles. The fourth-order valence-electron chi connectivity index (χ4n) is 19.6. The zero-order valence-corrected chi connectivity index (χ0v) is 79.3. The molecular weight excluding hydrogens is 1510 g/mol. The van der Waals surface area contributed by atoms with Crippen molar-refractivity contribution >= 4 is 101 Å². The van der Waals surface area contributed by atoms with Crippen molar-refractivity contribution < 1.29 is 16.4 Å². The van der Waals surface area contributed by atoms with Crippen molar-refractivity contribution in [2.45, 2.75) is 242 Å². The highest BCUT2D eigenvalue weighted by Gasteiger charge is 2.47. The van der Waals surface area contributed by atoms with Crippen LogP contribution in [-0.4, -0.2) is 15.8 Å². The van der Waals surface area contributed by atoms with Crippen LogP contribution in [0, 0.1) is 32.5 Å². The Balaban J connectivity index is 1.14. The molecule has 17 rings (SSSR count). The summed E-state index contributed by atoms with van der Waals surface area (Å²) in [4.78, 5) is 4.98. The lowest BCUT2D eigenvalue weighted by Crippen LogP contribution is -2.61. The van der Waals surface area contributed by atoms with Gasteiger partial charge in [0.1, 0.15) is 0 Å². The van der Waals surface area contributed by atoms with Gasteiger partial charge in [-0.3, -0.25) is 0 Å². The lowest BCUT2D eigenvalue weighted by Gasteiger charge is -2.46. The first-order valence-electron chi connectivity index (χ1n) is 51.3. The summed E-state index contributed by atoms with van der Waals surface area (Å²) in [6, 6.07) is 72.6. The van der Waals surface area contributed by atoms with E-state index in [0.717, 1.165) is 160 Å². The number of hydrogen-bond acceptors (Lipinski definition) is 2. The molecule has 0 unspecified atom stereocenters. The Morgan fingerprint density at radius 1 is 0.272 bits per heavy atom. The number of rotatable bonds is 14. The minimum absolute atomic E-state index is 0.138. The van der Waals surface area contributed by atoms with Crippen LogP contribution in [0.2, 0.25) is 0 Å². The summed E-state index contributed by atoms with van der Waals surface area (Å²) < 4.78 is 125.